The number of H-pyrrole nitrogens is 1. The summed E-state index contributed by atoms with van der Waals surface area (Å²) >= 11 is 0. The summed E-state index contributed by atoms with van der Waals surface area (Å²) in [5.41, 5.74) is 1.91. The molecule has 23 heavy (non-hydrogen) atoms. The molecule has 1 unspecified atom stereocenters. The fourth-order valence-corrected chi connectivity index (χ4v) is 2.45. The number of benzene rings is 1. The Balaban J connectivity index is 1.79. The molecule has 2 heterocycles. The average molecular weight is 325 g/mol. The van der Waals surface area contributed by atoms with Crippen molar-refractivity contribution in [2.24, 2.45) is 0 Å². The molecule has 2 aromatic rings. The summed E-state index contributed by atoms with van der Waals surface area (Å²) in [5, 5.41) is 6.51. The van der Waals surface area contributed by atoms with E-state index in [4.69, 9.17) is 4.74 Å². The van der Waals surface area contributed by atoms with Crippen LogP contribution in [0.25, 0.3) is 11.1 Å². The first kappa shape index (κ1) is 15.5. The van der Waals surface area contributed by atoms with E-state index in [2.05, 4.69) is 10.2 Å². The van der Waals surface area contributed by atoms with E-state index < -0.39 is 24.7 Å². The van der Waals surface area contributed by atoms with Crippen molar-refractivity contribution < 1.29 is 22.7 Å². The normalized spacial score (nSPS) is 18.9. The molecule has 3 rings (SSSR count). The number of ether oxygens (including phenoxy) is 1. The number of aromatic nitrogens is 2. The molecule has 0 radical (unpaired) electrons. The van der Waals surface area contributed by atoms with Gasteiger partial charge in [-0.05, 0) is 17.7 Å². The number of rotatable bonds is 2. The molecular weight excluding hydrogens is 311 g/mol. The Morgan fingerprint density at radius 1 is 1.35 bits per heavy atom. The number of nitrogens with zero attached hydrogens (tertiary/aromatic N) is 2. The molecule has 1 N–H and O–H groups in total. The molecule has 0 aliphatic carbocycles. The summed E-state index contributed by atoms with van der Waals surface area (Å²) in [6.07, 6.45) is -3.12. The zero-order valence-electron chi connectivity index (χ0n) is 12.0. The lowest BCUT2D eigenvalue weighted by Gasteiger charge is -2.33. The number of carbonyl (C=O) groups is 1. The van der Waals surface area contributed by atoms with E-state index in [1.165, 1.54) is 4.90 Å². The van der Waals surface area contributed by atoms with Gasteiger partial charge in [0.2, 0.25) is 0 Å². The maximum atomic E-state index is 12.8. The van der Waals surface area contributed by atoms with Crippen molar-refractivity contribution in [1.29, 1.82) is 0 Å². The van der Waals surface area contributed by atoms with Crippen molar-refractivity contribution in [2.75, 3.05) is 19.7 Å². The molecule has 1 atom stereocenters. The number of hydrogen-bond donors (Lipinski definition) is 1. The van der Waals surface area contributed by atoms with E-state index in [9.17, 15) is 18.0 Å². The van der Waals surface area contributed by atoms with E-state index >= 15 is 0 Å². The highest BCUT2D eigenvalue weighted by Crippen LogP contribution is 2.27. The Hall–Kier alpha value is -2.35. The van der Waals surface area contributed by atoms with Crippen LogP contribution in [-0.4, -0.2) is 53.0 Å². The molecular formula is C15H14F3N3O2. The fraction of sp³-hybridized carbons (Fsp3) is 0.333. The highest BCUT2D eigenvalue weighted by atomic mass is 19.4. The van der Waals surface area contributed by atoms with Gasteiger partial charge in [0.25, 0.3) is 5.91 Å². The topological polar surface area (TPSA) is 58.2 Å². The fourth-order valence-electron chi connectivity index (χ4n) is 2.45. The maximum Gasteiger partial charge on any atom is 0.416 e. The maximum absolute atomic E-state index is 12.8. The van der Waals surface area contributed by atoms with Crippen LogP contribution >= 0.6 is 0 Å². The summed E-state index contributed by atoms with van der Waals surface area (Å²) < 4.78 is 43.0. The van der Waals surface area contributed by atoms with Gasteiger partial charge in [-0.1, -0.05) is 12.1 Å². The molecule has 1 saturated heterocycles. The molecule has 1 fully saturated rings. The number of alkyl halides is 3. The molecule has 8 heteroatoms. The first-order valence-electron chi connectivity index (χ1n) is 7.02. The third-order valence-corrected chi connectivity index (χ3v) is 3.66. The van der Waals surface area contributed by atoms with Gasteiger partial charge in [0.15, 0.2) is 6.10 Å². The van der Waals surface area contributed by atoms with Crippen LogP contribution in [0.3, 0.4) is 0 Å². The monoisotopic (exact) mass is 325 g/mol. The average Bonchev–Trinajstić information content (AvgIpc) is 3.08. The highest BCUT2D eigenvalue weighted by Gasteiger charge is 2.44. The Morgan fingerprint density at radius 3 is 2.87 bits per heavy atom. The predicted octanol–water partition coefficient (Wildman–Crippen LogP) is 2.48. The molecule has 1 amide bonds. The van der Waals surface area contributed by atoms with Gasteiger partial charge in [-0.2, -0.15) is 18.3 Å². The van der Waals surface area contributed by atoms with Crippen molar-refractivity contribution in [2.45, 2.75) is 12.3 Å². The van der Waals surface area contributed by atoms with Crippen LogP contribution < -0.4 is 0 Å². The molecule has 1 aliphatic heterocycles. The highest BCUT2D eigenvalue weighted by molar-refractivity contribution is 5.95. The van der Waals surface area contributed by atoms with Gasteiger partial charge >= 0.3 is 6.18 Å². The van der Waals surface area contributed by atoms with Crippen LogP contribution in [0.4, 0.5) is 13.2 Å². The number of halogens is 3. The summed E-state index contributed by atoms with van der Waals surface area (Å²) in [6.45, 7) is -0.475. The van der Waals surface area contributed by atoms with Gasteiger partial charge in [0, 0.05) is 23.9 Å². The van der Waals surface area contributed by atoms with E-state index in [0.717, 1.165) is 11.1 Å². The van der Waals surface area contributed by atoms with E-state index in [-0.39, 0.29) is 13.2 Å². The largest absolute Gasteiger partial charge is 0.416 e. The molecule has 1 aliphatic rings. The van der Waals surface area contributed by atoms with Gasteiger partial charge in [-0.15, -0.1) is 0 Å². The standard InChI is InChI=1S/C15H14F3N3O2/c16-15(17,18)13-9-21(4-5-23-13)14(22)11-3-1-2-10(6-11)12-7-19-20-8-12/h1-3,6-8,13H,4-5,9H2,(H,19,20). The number of amides is 1. The Morgan fingerprint density at radius 2 is 2.17 bits per heavy atom. The number of carbonyl (C=O) groups excluding carboxylic acids is 1. The number of nitrogens with one attached hydrogen (secondary N) is 1. The lowest BCUT2D eigenvalue weighted by molar-refractivity contribution is -0.233. The van der Waals surface area contributed by atoms with Crippen LogP contribution in [0.1, 0.15) is 10.4 Å². The second kappa shape index (κ2) is 6.04. The minimum absolute atomic E-state index is 0.128. The van der Waals surface area contributed by atoms with Gasteiger partial charge in [0.05, 0.1) is 19.3 Å². The molecule has 1 aromatic heterocycles. The third-order valence-electron chi connectivity index (χ3n) is 3.66. The van der Waals surface area contributed by atoms with Crippen LogP contribution in [0.5, 0.6) is 0 Å². The number of morpholine rings is 1. The van der Waals surface area contributed by atoms with Crippen molar-refractivity contribution in [3.63, 3.8) is 0 Å². The Kier molecular flexibility index (Phi) is 4.08. The predicted molar refractivity (Wildman–Crippen MR) is 75.7 cm³/mol. The van der Waals surface area contributed by atoms with E-state index in [0.29, 0.717) is 5.56 Å². The van der Waals surface area contributed by atoms with Crippen molar-refractivity contribution in [3.05, 3.63) is 42.2 Å². The van der Waals surface area contributed by atoms with Gasteiger partial charge in [0.1, 0.15) is 0 Å². The number of hydrogen-bond acceptors (Lipinski definition) is 3. The lowest BCUT2D eigenvalue weighted by Crippen LogP contribution is -2.51. The molecule has 122 valence electrons. The third kappa shape index (κ3) is 3.37. The molecule has 0 spiro atoms. The van der Waals surface area contributed by atoms with E-state index in [1.807, 2.05) is 0 Å². The van der Waals surface area contributed by atoms with Gasteiger partial charge in [-0.25, -0.2) is 0 Å². The van der Waals surface area contributed by atoms with Crippen LogP contribution in [0, 0.1) is 0 Å². The molecule has 5 nitrogen and oxygen atoms in total. The van der Waals surface area contributed by atoms with E-state index in [1.54, 1.807) is 36.7 Å². The summed E-state index contributed by atoms with van der Waals surface area (Å²) in [5.74, 6) is -0.437. The summed E-state index contributed by atoms with van der Waals surface area (Å²) in [7, 11) is 0. The SMILES string of the molecule is O=C(c1cccc(-c2cn[nH]c2)c1)N1CCOC(C(F)(F)F)C1. The molecule has 0 bridgehead atoms. The Bertz CT molecular complexity index is 686. The smallest absolute Gasteiger partial charge is 0.365 e. The summed E-state index contributed by atoms with van der Waals surface area (Å²) in [4.78, 5) is 13.7. The first-order valence-corrected chi connectivity index (χ1v) is 7.02. The minimum Gasteiger partial charge on any atom is -0.365 e. The molecule has 0 saturated carbocycles. The lowest BCUT2D eigenvalue weighted by atomic mass is 10.1. The van der Waals surface area contributed by atoms with Crippen LogP contribution in [0.2, 0.25) is 0 Å². The number of aromatic amines is 1. The van der Waals surface area contributed by atoms with Gasteiger partial charge < -0.3 is 9.64 Å². The molecule has 1 aromatic carbocycles. The second-order valence-electron chi connectivity index (χ2n) is 5.22. The minimum atomic E-state index is -4.47. The van der Waals surface area contributed by atoms with Crippen LogP contribution in [-0.2, 0) is 4.74 Å². The van der Waals surface area contributed by atoms with Crippen molar-refractivity contribution in [3.8, 4) is 11.1 Å². The zero-order chi connectivity index (χ0) is 16.4. The van der Waals surface area contributed by atoms with Gasteiger partial charge in [-0.3, -0.25) is 9.89 Å². The quantitative estimate of drug-likeness (QED) is 0.923. The second-order valence-corrected chi connectivity index (χ2v) is 5.22. The zero-order valence-corrected chi connectivity index (χ0v) is 12.0. The first-order chi connectivity index (χ1) is 10.9. The van der Waals surface area contributed by atoms with Crippen molar-refractivity contribution in [1.82, 2.24) is 15.1 Å². The van der Waals surface area contributed by atoms with Crippen molar-refractivity contribution >= 4 is 5.91 Å². The Labute approximate surface area is 130 Å². The van der Waals surface area contributed by atoms with Crippen LogP contribution in [0.15, 0.2) is 36.7 Å². The summed E-state index contributed by atoms with van der Waals surface area (Å²) in [6, 6.07) is 6.73.